The molecule has 1 atom stereocenters. The van der Waals surface area contributed by atoms with Crippen LogP contribution < -0.4 is 15.2 Å². The average molecular weight is 271 g/mol. The second kappa shape index (κ2) is 6.96. The molecule has 0 unspecified atom stereocenters. The number of rotatable bonds is 6. The van der Waals surface area contributed by atoms with Crippen molar-refractivity contribution in [1.82, 2.24) is 0 Å². The van der Waals surface area contributed by atoms with Crippen molar-refractivity contribution in [1.29, 1.82) is 0 Å². The van der Waals surface area contributed by atoms with Gasteiger partial charge in [0.2, 0.25) is 0 Å². The lowest BCUT2D eigenvalue weighted by atomic mass is 9.99. The zero-order valence-electron chi connectivity index (χ0n) is 12.0. The summed E-state index contributed by atoms with van der Waals surface area (Å²) < 4.78 is 10.5. The summed E-state index contributed by atoms with van der Waals surface area (Å²) in [6.45, 7) is 0. The summed E-state index contributed by atoms with van der Waals surface area (Å²) >= 11 is 0. The van der Waals surface area contributed by atoms with Crippen molar-refractivity contribution in [2.75, 3.05) is 14.2 Å². The average Bonchev–Trinajstić information content (AvgIpc) is 2.53. The number of nitrogens with two attached hydrogens (primary N) is 1. The van der Waals surface area contributed by atoms with E-state index in [-0.39, 0.29) is 6.04 Å². The van der Waals surface area contributed by atoms with Crippen LogP contribution in [-0.4, -0.2) is 14.2 Å². The molecule has 0 radical (unpaired) electrons. The van der Waals surface area contributed by atoms with E-state index >= 15 is 0 Å². The van der Waals surface area contributed by atoms with Gasteiger partial charge in [-0.05, 0) is 36.1 Å². The van der Waals surface area contributed by atoms with Crippen LogP contribution in [0.3, 0.4) is 0 Å². The van der Waals surface area contributed by atoms with Crippen LogP contribution >= 0.6 is 0 Å². The smallest absolute Gasteiger partial charge is 0.160 e. The van der Waals surface area contributed by atoms with Crippen LogP contribution in [0, 0.1) is 0 Å². The highest BCUT2D eigenvalue weighted by Crippen LogP contribution is 2.28. The first-order chi connectivity index (χ1) is 9.74. The Hall–Kier alpha value is -2.00. The van der Waals surface area contributed by atoms with Crippen LogP contribution in [0.4, 0.5) is 0 Å². The maximum absolute atomic E-state index is 6.21. The van der Waals surface area contributed by atoms with Crippen LogP contribution in [0.5, 0.6) is 11.5 Å². The Morgan fingerprint density at radius 3 is 2.30 bits per heavy atom. The number of benzene rings is 2. The Bertz CT molecular complexity index is 540. The first-order valence-corrected chi connectivity index (χ1v) is 6.76. The molecular formula is C17H21NO2. The van der Waals surface area contributed by atoms with Crippen molar-refractivity contribution in [3.05, 3.63) is 59.7 Å². The van der Waals surface area contributed by atoms with Crippen molar-refractivity contribution < 1.29 is 9.47 Å². The predicted molar refractivity (Wildman–Crippen MR) is 81.2 cm³/mol. The third-order valence-electron chi connectivity index (χ3n) is 3.42. The molecule has 106 valence electrons. The van der Waals surface area contributed by atoms with Gasteiger partial charge in [0.1, 0.15) is 0 Å². The minimum absolute atomic E-state index is 0.0595. The van der Waals surface area contributed by atoms with Crippen molar-refractivity contribution in [3.8, 4) is 11.5 Å². The van der Waals surface area contributed by atoms with Gasteiger partial charge in [0, 0.05) is 6.04 Å². The Morgan fingerprint density at radius 1 is 0.950 bits per heavy atom. The molecule has 0 heterocycles. The van der Waals surface area contributed by atoms with E-state index < -0.39 is 0 Å². The lowest BCUT2D eigenvalue weighted by Gasteiger charge is -2.13. The van der Waals surface area contributed by atoms with E-state index in [0.717, 1.165) is 24.3 Å². The molecule has 20 heavy (non-hydrogen) atoms. The van der Waals surface area contributed by atoms with Crippen LogP contribution in [0.15, 0.2) is 48.5 Å². The minimum atomic E-state index is 0.0595. The first kappa shape index (κ1) is 14.4. The van der Waals surface area contributed by atoms with Crippen molar-refractivity contribution >= 4 is 0 Å². The highest BCUT2D eigenvalue weighted by atomic mass is 16.5. The van der Waals surface area contributed by atoms with E-state index in [9.17, 15) is 0 Å². The maximum Gasteiger partial charge on any atom is 0.160 e. The van der Waals surface area contributed by atoms with Gasteiger partial charge >= 0.3 is 0 Å². The minimum Gasteiger partial charge on any atom is -0.493 e. The first-order valence-electron chi connectivity index (χ1n) is 6.76. The van der Waals surface area contributed by atoms with Gasteiger partial charge in [-0.25, -0.2) is 0 Å². The molecule has 0 aromatic heterocycles. The Kier molecular flexibility index (Phi) is 5.02. The molecule has 3 heteroatoms. The zero-order chi connectivity index (χ0) is 14.4. The van der Waals surface area contributed by atoms with Gasteiger partial charge in [-0.2, -0.15) is 0 Å². The van der Waals surface area contributed by atoms with E-state index in [4.69, 9.17) is 15.2 Å². The normalized spacial score (nSPS) is 11.9. The van der Waals surface area contributed by atoms with Gasteiger partial charge in [0.05, 0.1) is 14.2 Å². The lowest BCUT2D eigenvalue weighted by Crippen LogP contribution is -2.11. The molecule has 0 aliphatic heterocycles. The van der Waals surface area contributed by atoms with Gasteiger partial charge in [0.15, 0.2) is 11.5 Å². The van der Waals surface area contributed by atoms with Gasteiger partial charge in [-0.1, -0.05) is 36.4 Å². The van der Waals surface area contributed by atoms with Crippen LogP contribution in [-0.2, 0) is 6.42 Å². The molecule has 0 aliphatic carbocycles. The summed E-state index contributed by atoms with van der Waals surface area (Å²) in [5, 5.41) is 0. The third-order valence-corrected chi connectivity index (χ3v) is 3.42. The summed E-state index contributed by atoms with van der Waals surface area (Å²) in [6, 6.07) is 16.2. The fourth-order valence-electron chi connectivity index (χ4n) is 2.23. The fraction of sp³-hybridized carbons (Fsp3) is 0.294. The standard InChI is InChI=1S/C17H21NO2/c1-19-16-11-9-13(12-17(16)20-2)8-10-15(18)14-6-4-3-5-7-14/h3-7,9,11-12,15H,8,10,18H2,1-2H3/t15-/m0/s1. The van der Waals surface area contributed by atoms with Crippen molar-refractivity contribution in [3.63, 3.8) is 0 Å². The lowest BCUT2D eigenvalue weighted by molar-refractivity contribution is 0.354. The molecule has 0 saturated heterocycles. The second-order valence-corrected chi connectivity index (χ2v) is 4.75. The fourth-order valence-corrected chi connectivity index (χ4v) is 2.23. The summed E-state index contributed by atoms with van der Waals surface area (Å²) in [5.41, 5.74) is 8.59. The molecule has 2 aromatic carbocycles. The summed E-state index contributed by atoms with van der Waals surface area (Å²) in [6.07, 6.45) is 1.82. The molecule has 0 amide bonds. The predicted octanol–water partition coefficient (Wildman–Crippen LogP) is 3.34. The zero-order valence-corrected chi connectivity index (χ0v) is 12.0. The number of hydrogen-bond acceptors (Lipinski definition) is 3. The molecule has 2 aromatic rings. The van der Waals surface area contributed by atoms with E-state index in [1.807, 2.05) is 30.3 Å². The molecule has 2 N–H and O–H groups in total. The summed E-state index contributed by atoms with van der Waals surface area (Å²) in [5.74, 6) is 1.52. The number of aryl methyl sites for hydroxylation is 1. The van der Waals surface area contributed by atoms with Crippen LogP contribution in [0.1, 0.15) is 23.6 Å². The molecule has 0 spiro atoms. The molecule has 0 saturated carbocycles. The summed E-state index contributed by atoms with van der Waals surface area (Å²) in [4.78, 5) is 0. The monoisotopic (exact) mass is 271 g/mol. The van der Waals surface area contributed by atoms with Gasteiger partial charge in [0.25, 0.3) is 0 Å². The highest BCUT2D eigenvalue weighted by Gasteiger charge is 2.08. The largest absolute Gasteiger partial charge is 0.493 e. The Balaban J connectivity index is 2.00. The van der Waals surface area contributed by atoms with Gasteiger partial charge in [-0.3, -0.25) is 0 Å². The Labute approximate surface area is 120 Å². The number of hydrogen-bond donors (Lipinski definition) is 1. The van der Waals surface area contributed by atoms with E-state index in [1.54, 1.807) is 14.2 Å². The number of ether oxygens (including phenoxy) is 2. The van der Waals surface area contributed by atoms with Crippen LogP contribution in [0.25, 0.3) is 0 Å². The van der Waals surface area contributed by atoms with E-state index in [2.05, 4.69) is 18.2 Å². The second-order valence-electron chi connectivity index (χ2n) is 4.75. The van der Waals surface area contributed by atoms with Crippen molar-refractivity contribution in [2.45, 2.75) is 18.9 Å². The van der Waals surface area contributed by atoms with Crippen LogP contribution in [0.2, 0.25) is 0 Å². The molecule has 3 nitrogen and oxygen atoms in total. The Morgan fingerprint density at radius 2 is 1.65 bits per heavy atom. The third kappa shape index (κ3) is 3.52. The molecule has 0 aliphatic rings. The van der Waals surface area contributed by atoms with E-state index in [0.29, 0.717) is 0 Å². The molecular weight excluding hydrogens is 250 g/mol. The SMILES string of the molecule is COc1ccc(CC[C@H](N)c2ccccc2)cc1OC. The summed E-state index contributed by atoms with van der Waals surface area (Å²) in [7, 11) is 3.29. The van der Waals surface area contributed by atoms with E-state index in [1.165, 1.54) is 11.1 Å². The van der Waals surface area contributed by atoms with Gasteiger partial charge < -0.3 is 15.2 Å². The highest BCUT2D eigenvalue weighted by molar-refractivity contribution is 5.43. The van der Waals surface area contributed by atoms with Crippen molar-refractivity contribution in [2.24, 2.45) is 5.73 Å². The maximum atomic E-state index is 6.21. The number of methoxy groups -OCH3 is 2. The quantitative estimate of drug-likeness (QED) is 0.876. The van der Waals surface area contributed by atoms with Gasteiger partial charge in [-0.15, -0.1) is 0 Å². The molecule has 2 rings (SSSR count). The topological polar surface area (TPSA) is 44.5 Å². The molecule has 0 fully saturated rings. The molecule has 0 bridgehead atoms.